The number of benzene rings is 5. The number of anilines is 5. The number of sulfonamides is 4. The van der Waals surface area contributed by atoms with Crippen molar-refractivity contribution in [1.29, 1.82) is 0 Å². The van der Waals surface area contributed by atoms with E-state index in [0.717, 1.165) is 24.6 Å². The van der Waals surface area contributed by atoms with E-state index in [0.29, 0.717) is 121 Å². The molecular formula is C70H84Cl3F11N10O15S4. The number of carbonyl (C=O) groups is 6. The van der Waals surface area contributed by atoms with Crippen LogP contribution in [-0.2, 0) is 81.2 Å². The van der Waals surface area contributed by atoms with E-state index in [2.05, 4.69) is 31.3 Å². The number of halogens is 14. The van der Waals surface area contributed by atoms with Crippen LogP contribution in [-0.4, -0.2) is 188 Å². The summed E-state index contributed by atoms with van der Waals surface area (Å²) in [5, 5.41) is 12.0. The molecule has 5 aromatic carbocycles. The Morgan fingerprint density at radius 1 is 0.407 bits per heavy atom. The van der Waals surface area contributed by atoms with Gasteiger partial charge in [-0.05, 0) is 151 Å². The molecule has 5 atom stereocenters. The third-order valence-electron chi connectivity index (χ3n) is 18.4. The molecule has 0 radical (unpaired) electrons. The average molecular weight is 1750 g/mol. The number of alkyl halides is 6. The van der Waals surface area contributed by atoms with Crippen LogP contribution in [0.25, 0.3) is 0 Å². The summed E-state index contributed by atoms with van der Waals surface area (Å²) in [4.78, 5) is 74.1. The minimum atomic E-state index is -4.81. The predicted molar refractivity (Wildman–Crippen MR) is 403 cm³/mol. The average Bonchev–Trinajstić information content (AvgIpc) is 0.799. The van der Waals surface area contributed by atoms with Crippen LogP contribution in [0.1, 0.15) is 89.2 Å². The van der Waals surface area contributed by atoms with Gasteiger partial charge in [0.2, 0.25) is 69.6 Å². The summed E-state index contributed by atoms with van der Waals surface area (Å²) in [5.74, 6) is -9.50. The summed E-state index contributed by atoms with van der Waals surface area (Å²) < 4.78 is 246. The van der Waals surface area contributed by atoms with Gasteiger partial charge < -0.3 is 36.2 Å². The van der Waals surface area contributed by atoms with E-state index in [1.807, 2.05) is 0 Å². The van der Waals surface area contributed by atoms with Gasteiger partial charge in [-0.25, -0.2) is 77.6 Å². The van der Waals surface area contributed by atoms with Crippen LogP contribution in [0.15, 0.2) is 91.0 Å². The van der Waals surface area contributed by atoms with Crippen LogP contribution < -0.4 is 26.6 Å². The van der Waals surface area contributed by atoms with Crippen molar-refractivity contribution >= 4 is 139 Å². The molecule has 5 saturated heterocycles. The maximum atomic E-state index is 13.5. The largest absolute Gasteiger partial charge is 0.453 e. The fourth-order valence-corrected chi connectivity index (χ4v) is 16.9. The monoisotopic (exact) mass is 1750 g/mol. The van der Waals surface area contributed by atoms with Crippen molar-refractivity contribution in [3.05, 3.63) is 146 Å². The summed E-state index contributed by atoms with van der Waals surface area (Å²) in [6, 6.07) is 16.8. The van der Waals surface area contributed by atoms with Crippen molar-refractivity contribution in [1.82, 2.24) is 22.1 Å². The van der Waals surface area contributed by atoms with Gasteiger partial charge in [0.05, 0.1) is 104 Å². The highest BCUT2D eigenvalue weighted by molar-refractivity contribution is 7.89. The predicted octanol–water partition coefficient (Wildman–Crippen LogP) is 12.8. The van der Waals surface area contributed by atoms with Crippen molar-refractivity contribution in [2.75, 3.05) is 123 Å². The lowest BCUT2D eigenvalue weighted by atomic mass is 9.97. The summed E-state index contributed by atoms with van der Waals surface area (Å²) in [7, 11) is -12.2. The van der Waals surface area contributed by atoms with E-state index < -0.39 is 134 Å². The molecule has 5 aliphatic rings. The van der Waals surface area contributed by atoms with Crippen molar-refractivity contribution < 1.29 is 115 Å². The maximum Gasteiger partial charge on any atom is 0.419 e. The summed E-state index contributed by atoms with van der Waals surface area (Å²) >= 11 is 17.4. The minimum absolute atomic E-state index is 0.00508. The van der Waals surface area contributed by atoms with Crippen molar-refractivity contribution in [3.63, 3.8) is 0 Å². The quantitative estimate of drug-likeness (QED) is 0.0573. The Labute approximate surface area is 662 Å². The molecule has 6 amide bonds. The van der Waals surface area contributed by atoms with E-state index in [1.165, 1.54) is 90.8 Å². The normalized spacial score (nSPS) is 19.6. The number of carbonyl (C=O) groups excluding carboxylic acids is 6. The van der Waals surface area contributed by atoms with Gasteiger partial charge >= 0.3 is 18.4 Å². The smallest absolute Gasteiger partial charge is 0.419 e. The summed E-state index contributed by atoms with van der Waals surface area (Å²) in [6.45, 7) is 5.71. The molecule has 0 saturated carbocycles. The lowest BCUT2D eigenvalue weighted by Gasteiger charge is -2.31. The molecule has 113 heavy (non-hydrogen) atoms. The molecule has 5 fully saturated rings. The second kappa shape index (κ2) is 41.3. The highest BCUT2D eigenvalue weighted by atomic mass is 35.5. The van der Waals surface area contributed by atoms with E-state index >= 15 is 0 Å². The van der Waals surface area contributed by atoms with Gasteiger partial charge in [-0.2, -0.15) is 26.3 Å². The Morgan fingerprint density at radius 3 is 0.956 bits per heavy atom. The minimum Gasteiger partial charge on any atom is -0.453 e. The third kappa shape index (κ3) is 27.8. The highest BCUT2D eigenvalue weighted by Gasteiger charge is 2.39. The Balaban J connectivity index is 0.000000220. The molecular weight excluding hydrogens is 1660 g/mol. The fraction of sp³-hybridized carbons (Fsp3) is 0.486. The summed E-state index contributed by atoms with van der Waals surface area (Å²) in [6.07, 6.45) is -2.24. The van der Waals surface area contributed by atoms with Crippen molar-refractivity contribution in [2.45, 2.75) is 90.4 Å². The van der Waals surface area contributed by atoms with Crippen LogP contribution in [0.3, 0.4) is 0 Å². The van der Waals surface area contributed by atoms with Gasteiger partial charge in [-0.1, -0.05) is 53.0 Å². The lowest BCUT2D eigenvalue weighted by Crippen LogP contribution is -2.44. The first-order valence-corrected chi connectivity index (χ1v) is 43.0. The van der Waals surface area contributed by atoms with E-state index in [-0.39, 0.29) is 111 Å². The van der Waals surface area contributed by atoms with E-state index in [1.54, 1.807) is 6.92 Å². The van der Waals surface area contributed by atoms with Crippen LogP contribution in [0, 0.1) is 58.7 Å². The van der Waals surface area contributed by atoms with Crippen LogP contribution >= 0.6 is 34.8 Å². The molecule has 5 aliphatic heterocycles. The van der Waals surface area contributed by atoms with E-state index in [9.17, 15) is 111 Å². The molecule has 0 spiro atoms. The number of nitrogens with zero attached hydrogens (tertiary/aromatic N) is 5. The van der Waals surface area contributed by atoms with Gasteiger partial charge in [0, 0.05) is 76.8 Å². The number of amides is 6. The number of likely N-dealkylation sites (tertiary alicyclic amines) is 1. The topological polar surface area (TPSA) is 325 Å². The van der Waals surface area contributed by atoms with E-state index in [4.69, 9.17) is 34.8 Å². The summed E-state index contributed by atoms with van der Waals surface area (Å²) in [5.41, 5.74) is -2.42. The zero-order valence-corrected chi connectivity index (χ0v) is 66.9. The zero-order chi connectivity index (χ0) is 84.3. The zero-order valence-electron chi connectivity index (χ0n) is 61.4. The Morgan fingerprint density at radius 2 is 0.681 bits per heavy atom. The molecule has 0 bridgehead atoms. The van der Waals surface area contributed by atoms with Crippen LogP contribution in [0.4, 0.5) is 81.5 Å². The van der Waals surface area contributed by atoms with Crippen LogP contribution in [0.5, 0.6) is 0 Å². The van der Waals surface area contributed by atoms with Crippen molar-refractivity contribution in [2.24, 2.45) is 29.6 Å². The molecule has 5 N–H and O–H groups in total. The Bertz CT molecular complexity index is 4700. The maximum absolute atomic E-state index is 13.5. The number of rotatable bonds is 16. The second-order valence-corrected chi connectivity index (χ2v) is 36.1. The van der Waals surface area contributed by atoms with Gasteiger partial charge in [0.25, 0.3) is 0 Å². The first kappa shape index (κ1) is 94.3. The second-order valence-electron chi connectivity index (χ2n) is 26.5. The van der Waals surface area contributed by atoms with Crippen molar-refractivity contribution in [3.8, 4) is 0 Å². The van der Waals surface area contributed by atoms with Gasteiger partial charge in [-0.3, -0.25) is 24.0 Å². The number of piperidine rings is 5. The molecule has 43 heteroatoms. The number of ether oxygens (including phenoxy) is 1. The number of nitrogens with one attached hydrogen (secondary N) is 5. The molecule has 0 aromatic heterocycles. The third-order valence-corrected chi connectivity index (χ3v) is 25.8. The standard InChI is InChI=1S/C15H18F4N2O3S.C14H18ClFN2O3S.C14H16ClFN2O3.C14H16F4N2O3S.C13H16ClFN2O3S/c1-2-25(23,24)21-7-3-4-10(9-21)14(22)20-11-5-6-12(13(16)8-11)15(17,18)19;1-2-22(20,21)18-8-4-5-10(9-18)14(19)17-12-7-3-6-11(16)13(12)15;1-21-14(20)18-7-3-4-9(8-18)13(19)17-11-6-2-5-10(16)12(11)15;1-24(22,23)20-6-2-3-9(8-20)13(21)19-10-4-5-11(12(15)7-10)14(16,17)18;1-21(19,20)17-7-3-4-9(8-17)13(18)16-11-6-2-5-10(15)12(11)14/h5-6,8,10H,2-4,7,9H2,1H3,(H,20,22);3,6-7,10H,2,4-5,8-9H2,1H3,(H,17,19);2,5-6,9H,3-4,7-8H2,1H3,(H,17,19);4-5,7,9H,2-3,6,8H2,1H3,(H,19,21);2,5-6,9H,3-4,7-8H2,1H3,(H,16,18). The number of hydrogen-bond donors (Lipinski definition) is 5. The van der Waals surface area contributed by atoms with Crippen LogP contribution in [0.2, 0.25) is 15.1 Å². The van der Waals surface area contributed by atoms with Gasteiger partial charge in [0.1, 0.15) is 29.1 Å². The molecule has 0 aliphatic carbocycles. The SMILES string of the molecule is CCS(=O)(=O)N1CCCC(C(=O)Nc2ccc(C(F)(F)F)c(F)c2)C1.CCS(=O)(=O)N1CCCC(C(=O)Nc2cccc(F)c2Cl)C1.COC(=O)N1CCCC(C(=O)Nc2cccc(F)c2Cl)C1.CS(=O)(=O)N1CCCC(C(=O)Nc2ccc(C(F)(F)F)c(F)c2)C1.CS(=O)(=O)N1CCCC(C(=O)Nc2cccc(F)c2Cl)C1. The highest BCUT2D eigenvalue weighted by Crippen LogP contribution is 2.36. The lowest BCUT2D eigenvalue weighted by molar-refractivity contribution is -0.140. The Kier molecular flexibility index (Phi) is 34.5. The molecule has 5 heterocycles. The molecule has 25 nitrogen and oxygen atoms in total. The van der Waals surface area contributed by atoms with Gasteiger partial charge in [-0.15, -0.1) is 0 Å². The Hall–Kier alpha value is -7.54. The first-order valence-electron chi connectivity index (χ1n) is 35.0. The fourth-order valence-electron chi connectivity index (χ4n) is 12.2. The number of methoxy groups -OCH3 is 1. The molecule has 626 valence electrons. The van der Waals surface area contributed by atoms with Gasteiger partial charge in [0.15, 0.2) is 0 Å². The number of hydrogen-bond acceptors (Lipinski definition) is 15. The molecule has 10 rings (SSSR count). The molecule has 5 unspecified atom stereocenters. The molecule has 5 aromatic rings. The first-order chi connectivity index (χ1) is 52.7.